The van der Waals surface area contributed by atoms with Gasteiger partial charge in [-0.25, -0.2) is 9.59 Å². The Morgan fingerprint density at radius 1 is 1.00 bits per heavy atom. The van der Waals surface area contributed by atoms with Gasteiger partial charge in [0.1, 0.15) is 9.75 Å². The van der Waals surface area contributed by atoms with Gasteiger partial charge in [0.25, 0.3) is 0 Å². The first-order valence-electron chi connectivity index (χ1n) is 7.41. The highest BCUT2D eigenvalue weighted by atomic mass is 32.2. The zero-order valence-corrected chi connectivity index (χ0v) is 15.6. The minimum atomic E-state index is -0.420. The van der Waals surface area contributed by atoms with Crippen molar-refractivity contribution in [3.63, 3.8) is 0 Å². The number of hydrogen-bond acceptors (Lipinski definition) is 7. The lowest BCUT2D eigenvalue weighted by molar-refractivity contribution is 0.0522. The number of nitrogens with two attached hydrogens (primary N) is 1. The van der Waals surface area contributed by atoms with Crippen molar-refractivity contribution in [1.82, 2.24) is 0 Å². The molecule has 2 aromatic heterocycles. The predicted molar refractivity (Wildman–Crippen MR) is 94.7 cm³/mol. The van der Waals surface area contributed by atoms with Crippen molar-refractivity contribution in [2.45, 2.75) is 40.0 Å². The van der Waals surface area contributed by atoms with Crippen LogP contribution >= 0.6 is 22.7 Å². The molecule has 0 spiro atoms. The van der Waals surface area contributed by atoms with E-state index in [1.165, 1.54) is 22.7 Å². The quantitative estimate of drug-likeness (QED) is 0.832. The van der Waals surface area contributed by atoms with Gasteiger partial charge in [-0.15, -0.1) is 22.7 Å². The first-order valence-corrected chi connectivity index (χ1v) is 9.05. The minimum absolute atomic E-state index is 0.296. The molecule has 2 rings (SSSR count). The Morgan fingerprint density at radius 2 is 1.48 bits per heavy atom. The molecule has 7 heteroatoms. The fourth-order valence-electron chi connectivity index (χ4n) is 2.39. The average molecular weight is 355 g/mol. The average Bonchev–Trinajstić information content (AvgIpc) is 2.96. The normalized spacial score (nSPS) is 11.7. The number of nitrogen functional groups attached to an aromatic ring is 1. The van der Waals surface area contributed by atoms with E-state index >= 15 is 0 Å². The van der Waals surface area contributed by atoms with E-state index in [2.05, 4.69) is 0 Å². The summed E-state index contributed by atoms with van der Waals surface area (Å²) in [4.78, 5) is 25.3. The van der Waals surface area contributed by atoms with Crippen LogP contribution in [-0.4, -0.2) is 25.2 Å². The first kappa shape index (κ1) is 17.7. The predicted octanol–water partition coefficient (Wildman–Crippen LogP) is 4.20. The molecule has 2 N–H and O–H groups in total. The third-order valence-electron chi connectivity index (χ3n) is 3.26. The third kappa shape index (κ3) is 3.21. The highest BCUT2D eigenvalue weighted by molar-refractivity contribution is 7.40. The molecule has 23 heavy (non-hydrogen) atoms. The summed E-state index contributed by atoms with van der Waals surface area (Å²) in [6, 6.07) is 0. The smallest absolute Gasteiger partial charge is 0.350 e. The van der Waals surface area contributed by atoms with Gasteiger partial charge in [0.2, 0.25) is 0 Å². The summed E-state index contributed by atoms with van der Waals surface area (Å²) < 4.78 is 11.1. The largest absolute Gasteiger partial charge is 0.462 e. The lowest BCUT2D eigenvalue weighted by Gasteiger charge is -2.20. The van der Waals surface area contributed by atoms with Gasteiger partial charge in [0.15, 0.2) is 0 Å². The number of carbonyl (C=O) groups is 2. The molecule has 0 saturated carbocycles. The number of rotatable bonds is 4. The standard InChI is InChI=1S/C16H21NO4S2/c1-6-20-13(18)11-9(16(3,4)5)8-10(17)12(14(19)21-7-2)23-15(8)22-11/h6-7,17H2,1-5H3. The summed E-state index contributed by atoms with van der Waals surface area (Å²) in [6.45, 7) is 10.2. The van der Waals surface area contributed by atoms with Crippen LogP contribution in [0.1, 0.15) is 59.5 Å². The van der Waals surface area contributed by atoms with E-state index in [1.54, 1.807) is 13.8 Å². The second-order valence-corrected chi connectivity index (χ2v) is 8.30. The molecule has 2 aromatic rings. The Morgan fingerprint density at radius 3 is 1.96 bits per heavy atom. The van der Waals surface area contributed by atoms with Crippen LogP contribution in [-0.2, 0) is 14.9 Å². The number of anilines is 1. The summed E-state index contributed by atoms with van der Waals surface area (Å²) in [5.41, 5.74) is 7.14. The van der Waals surface area contributed by atoms with Crippen LogP contribution in [0.25, 0.3) is 9.40 Å². The van der Waals surface area contributed by atoms with E-state index < -0.39 is 5.97 Å². The molecule has 0 aliphatic rings. The molecule has 0 amide bonds. The minimum Gasteiger partial charge on any atom is -0.462 e. The van der Waals surface area contributed by atoms with Gasteiger partial charge in [-0.2, -0.15) is 0 Å². The summed E-state index contributed by atoms with van der Waals surface area (Å²) in [5, 5.41) is 0.776. The lowest BCUT2D eigenvalue weighted by atomic mass is 9.85. The Labute approximate surface area is 143 Å². The number of carbonyl (C=O) groups excluding carboxylic acids is 2. The molecule has 2 heterocycles. The van der Waals surface area contributed by atoms with Crippen molar-refractivity contribution >= 4 is 49.7 Å². The monoisotopic (exact) mass is 355 g/mol. The van der Waals surface area contributed by atoms with E-state index in [1.807, 2.05) is 20.8 Å². The van der Waals surface area contributed by atoms with Crippen molar-refractivity contribution in [2.24, 2.45) is 0 Å². The van der Waals surface area contributed by atoms with Crippen LogP contribution in [0.2, 0.25) is 0 Å². The fraction of sp³-hybridized carbons (Fsp3) is 0.500. The molecular weight excluding hydrogens is 334 g/mol. The van der Waals surface area contributed by atoms with Crippen molar-refractivity contribution in [1.29, 1.82) is 0 Å². The lowest BCUT2D eigenvalue weighted by Crippen LogP contribution is -2.17. The number of fused-ring (bicyclic) bond motifs is 1. The number of ether oxygens (including phenoxy) is 2. The summed E-state index contributed by atoms with van der Waals surface area (Å²) in [6.07, 6.45) is 0. The Balaban J connectivity index is 2.69. The SMILES string of the molecule is CCOC(=O)c1sc2sc(C(=O)OCC)c(C(C)(C)C)c2c1N. The van der Waals surface area contributed by atoms with Crippen LogP contribution in [0.3, 0.4) is 0 Å². The van der Waals surface area contributed by atoms with Crippen LogP contribution in [0.5, 0.6) is 0 Å². The van der Waals surface area contributed by atoms with E-state index in [0.29, 0.717) is 28.7 Å². The third-order valence-corrected chi connectivity index (χ3v) is 5.70. The molecule has 0 saturated heterocycles. The first-order chi connectivity index (χ1) is 10.7. The second-order valence-electron chi connectivity index (χ2n) is 6.00. The van der Waals surface area contributed by atoms with Crippen LogP contribution in [0, 0.1) is 0 Å². The Hall–Kier alpha value is -1.60. The fourth-order valence-corrected chi connectivity index (χ4v) is 5.06. The van der Waals surface area contributed by atoms with Crippen molar-refractivity contribution in [3.8, 4) is 0 Å². The maximum Gasteiger partial charge on any atom is 0.350 e. The highest BCUT2D eigenvalue weighted by Crippen LogP contribution is 2.47. The summed E-state index contributed by atoms with van der Waals surface area (Å²) >= 11 is 2.60. The topological polar surface area (TPSA) is 78.6 Å². The molecule has 0 unspecified atom stereocenters. The van der Waals surface area contributed by atoms with Crippen molar-refractivity contribution in [3.05, 3.63) is 15.3 Å². The molecule has 0 aromatic carbocycles. The van der Waals surface area contributed by atoms with Gasteiger partial charge < -0.3 is 15.2 Å². The van der Waals surface area contributed by atoms with Gasteiger partial charge in [0, 0.05) is 5.39 Å². The Kier molecular flexibility index (Phi) is 5.01. The molecule has 0 aliphatic carbocycles. The zero-order valence-electron chi connectivity index (χ0n) is 13.9. The van der Waals surface area contributed by atoms with Crippen LogP contribution < -0.4 is 5.73 Å². The number of hydrogen-bond donors (Lipinski definition) is 1. The number of esters is 2. The molecule has 0 fully saturated rings. The molecular formula is C16H21NO4S2. The van der Waals surface area contributed by atoms with E-state index in [-0.39, 0.29) is 11.4 Å². The maximum absolute atomic E-state index is 12.3. The molecule has 126 valence electrons. The molecule has 0 atom stereocenters. The molecule has 0 aliphatic heterocycles. The summed E-state index contributed by atoms with van der Waals surface area (Å²) in [5.74, 6) is -0.765. The maximum atomic E-state index is 12.3. The van der Waals surface area contributed by atoms with Crippen molar-refractivity contribution < 1.29 is 19.1 Å². The summed E-state index contributed by atoms with van der Waals surface area (Å²) in [7, 11) is 0. The Bertz CT molecular complexity index is 752. The van der Waals surface area contributed by atoms with Gasteiger partial charge in [-0.1, -0.05) is 20.8 Å². The highest BCUT2D eigenvalue weighted by Gasteiger charge is 2.32. The van der Waals surface area contributed by atoms with Crippen molar-refractivity contribution in [2.75, 3.05) is 18.9 Å². The molecule has 0 radical (unpaired) electrons. The second kappa shape index (κ2) is 6.49. The van der Waals surface area contributed by atoms with Gasteiger partial charge in [-0.05, 0) is 24.8 Å². The van der Waals surface area contributed by atoms with Gasteiger partial charge in [-0.3, -0.25) is 0 Å². The molecule has 5 nitrogen and oxygen atoms in total. The van der Waals surface area contributed by atoms with Crippen LogP contribution in [0.15, 0.2) is 0 Å². The van der Waals surface area contributed by atoms with Gasteiger partial charge >= 0.3 is 11.9 Å². The van der Waals surface area contributed by atoms with Crippen LogP contribution in [0.4, 0.5) is 5.69 Å². The number of thiophene rings is 2. The van der Waals surface area contributed by atoms with E-state index in [0.717, 1.165) is 15.0 Å². The van der Waals surface area contributed by atoms with E-state index in [9.17, 15) is 9.59 Å². The van der Waals surface area contributed by atoms with E-state index in [4.69, 9.17) is 15.2 Å². The van der Waals surface area contributed by atoms with Gasteiger partial charge in [0.05, 0.1) is 22.9 Å². The molecule has 0 bridgehead atoms. The zero-order chi connectivity index (χ0) is 17.4.